The smallest absolute Gasteiger partial charge is 0.314 e. The number of aromatic nitrogens is 1. The molecule has 0 saturated carbocycles. The average molecular weight is 191 g/mol. The van der Waals surface area contributed by atoms with E-state index in [0.717, 1.165) is 5.22 Å². The minimum Gasteiger partial charge on any atom is -0.509 e. The van der Waals surface area contributed by atoms with Gasteiger partial charge in [-0.2, -0.15) is 0 Å². The van der Waals surface area contributed by atoms with Crippen molar-refractivity contribution in [1.29, 1.82) is 0 Å². The Kier molecular flexibility index (Phi) is 1.96. The molecule has 1 unspecified atom stereocenters. The first-order valence-electron chi connectivity index (χ1n) is 4.27. The summed E-state index contributed by atoms with van der Waals surface area (Å²) in [6.07, 6.45) is 3.63. The van der Waals surface area contributed by atoms with Crippen molar-refractivity contribution in [3.8, 4) is 0 Å². The van der Waals surface area contributed by atoms with Gasteiger partial charge in [0.25, 0.3) is 0 Å². The molecule has 0 radical (unpaired) electrons. The van der Waals surface area contributed by atoms with Crippen LogP contribution in [0.15, 0.2) is 18.3 Å². The Morgan fingerprint density at radius 1 is 1.57 bits per heavy atom. The molecule has 0 aliphatic heterocycles. The van der Waals surface area contributed by atoms with Crippen LogP contribution in [0.1, 0.15) is 6.42 Å². The van der Waals surface area contributed by atoms with Gasteiger partial charge in [0, 0.05) is 6.20 Å². The molecule has 1 atom stereocenters. The van der Waals surface area contributed by atoms with E-state index in [2.05, 4.69) is 4.98 Å². The Balaban J connectivity index is 2.69. The van der Waals surface area contributed by atoms with Crippen LogP contribution in [0.2, 0.25) is 0 Å². The summed E-state index contributed by atoms with van der Waals surface area (Å²) >= 11 is 0. The number of nitrogens with zero attached hydrogens (tertiary/aromatic N) is 1. The molecule has 0 amide bonds. The van der Waals surface area contributed by atoms with E-state index in [9.17, 15) is 9.90 Å². The van der Waals surface area contributed by atoms with E-state index in [4.69, 9.17) is 5.11 Å². The van der Waals surface area contributed by atoms with Gasteiger partial charge >= 0.3 is 5.97 Å². The maximum atomic E-state index is 10.7. The minimum atomic E-state index is -1.02. The van der Waals surface area contributed by atoms with Gasteiger partial charge in [0.2, 0.25) is 0 Å². The zero-order valence-corrected chi connectivity index (χ0v) is 7.34. The maximum absolute atomic E-state index is 10.7. The van der Waals surface area contributed by atoms with E-state index in [1.165, 1.54) is 6.20 Å². The molecule has 2 rings (SSSR count). The number of aliphatic hydroxyl groups is 1. The van der Waals surface area contributed by atoms with Gasteiger partial charge in [-0.25, -0.2) is 0 Å². The number of aliphatic carboxylic acids is 1. The number of rotatable bonds is 1. The first-order chi connectivity index (χ1) is 6.70. The molecular formula is C10H9NO3. The van der Waals surface area contributed by atoms with Crippen LogP contribution in [0.4, 0.5) is 0 Å². The lowest BCUT2D eigenvalue weighted by Gasteiger charge is -2.12. The van der Waals surface area contributed by atoms with Gasteiger partial charge in [0.05, 0.1) is 0 Å². The van der Waals surface area contributed by atoms with Gasteiger partial charge in [-0.3, -0.25) is 9.78 Å². The van der Waals surface area contributed by atoms with Crippen LogP contribution >= 0.6 is 0 Å². The van der Waals surface area contributed by atoms with Crippen molar-refractivity contribution in [2.24, 2.45) is 5.92 Å². The average Bonchev–Trinajstić information content (AvgIpc) is 2.18. The molecule has 2 N–H and O–H groups in total. The lowest BCUT2D eigenvalue weighted by atomic mass is 9.98. The lowest BCUT2D eigenvalue weighted by molar-refractivity contribution is -0.140. The number of carboxylic acid groups (broad SMARTS) is 1. The van der Waals surface area contributed by atoms with Crippen molar-refractivity contribution in [3.63, 3.8) is 0 Å². The predicted molar refractivity (Wildman–Crippen MR) is 49.7 cm³/mol. The third-order valence-corrected chi connectivity index (χ3v) is 2.28. The van der Waals surface area contributed by atoms with Crippen LogP contribution in [0.5, 0.6) is 0 Å². The molecular weight excluding hydrogens is 182 g/mol. The minimum absolute atomic E-state index is 0.143. The van der Waals surface area contributed by atoms with Crippen LogP contribution in [0.25, 0.3) is 11.8 Å². The Morgan fingerprint density at radius 2 is 2.36 bits per heavy atom. The van der Waals surface area contributed by atoms with Crippen LogP contribution in [0.3, 0.4) is 0 Å². The molecule has 0 saturated heterocycles. The molecule has 0 spiro atoms. The van der Waals surface area contributed by atoms with Crippen LogP contribution in [-0.2, 0) is 4.79 Å². The summed E-state index contributed by atoms with van der Waals surface area (Å²) in [6, 6.07) is 3.56. The van der Waals surface area contributed by atoms with Crippen molar-refractivity contribution in [3.05, 3.63) is 28.9 Å². The van der Waals surface area contributed by atoms with E-state index < -0.39 is 11.9 Å². The summed E-state index contributed by atoms with van der Waals surface area (Å²) in [6.45, 7) is 0. The normalized spacial score (nSPS) is 19.7. The number of carboxylic acids is 1. The monoisotopic (exact) mass is 191 g/mol. The fourth-order valence-corrected chi connectivity index (χ4v) is 1.54. The van der Waals surface area contributed by atoms with Gasteiger partial charge in [-0.15, -0.1) is 0 Å². The Morgan fingerprint density at radius 3 is 3.07 bits per heavy atom. The number of hydrogen-bond donors (Lipinski definition) is 2. The highest BCUT2D eigenvalue weighted by atomic mass is 16.4. The number of pyridine rings is 1. The third-order valence-electron chi connectivity index (χ3n) is 2.28. The van der Waals surface area contributed by atoms with E-state index in [1.54, 1.807) is 18.2 Å². The van der Waals surface area contributed by atoms with Crippen LogP contribution in [0, 0.1) is 5.92 Å². The molecule has 1 heterocycles. The van der Waals surface area contributed by atoms with Gasteiger partial charge in [-0.1, -0.05) is 12.1 Å². The summed E-state index contributed by atoms with van der Waals surface area (Å²) in [7, 11) is 0. The molecule has 0 bridgehead atoms. The summed E-state index contributed by atoms with van der Waals surface area (Å²) < 4.78 is 0. The van der Waals surface area contributed by atoms with Crippen molar-refractivity contribution in [1.82, 2.24) is 4.98 Å². The number of aliphatic hydroxyl groups excluding tert-OH is 1. The van der Waals surface area contributed by atoms with Crippen LogP contribution in [-0.4, -0.2) is 21.2 Å². The molecule has 4 nitrogen and oxygen atoms in total. The molecule has 1 aliphatic carbocycles. The fourth-order valence-electron chi connectivity index (χ4n) is 1.54. The molecule has 0 aromatic carbocycles. The Bertz CT molecular complexity index is 492. The highest BCUT2D eigenvalue weighted by molar-refractivity contribution is 5.80. The first-order valence-corrected chi connectivity index (χ1v) is 4.27. The van der Waals surface area contributed by atoms with Gasteiger partial charge in [0.15, 0.2) is 0 Å². The third kappa shape index (κ3) is 1.25. The number of carbonyl (C=O) groups is 1. The second kappa shape index (κ2) is 3.14. The second-order valence-corrected chi connectivity index (χ2v) is 3.16. The van der Waals surface area contributed by atoms with Crippen molar-refractivity contribution >= 4 is 17.8 Å². The maximum Gasteiger partial charge on any atom is 0.314 e. The quantitative estimate of drug-likeness (QED) is 0.635. The molecule has 1 aromatic rings. The first kappa shape index (κ1) is 8.74. The summed E-state index contributed by atoms with van der Waals surface area (Å²) in [5, 5.41) is 19.6. The fraction of sp³-hybridized carbons (Fsp3) is 0.200. The summed E-state index contributed by atoms with van der Waals surface area (Å²) in [4.78, 5) is 14.7. The van der Waals surface area contributed by atoms with Crippen molar-refractivity contribution in [2.45, 2.75) is 6.42 Å². The SMILES string of the molecule is O=C(O)C1CC=c2cccnc2=C1O. The zero-order chi connectivity index (χ0) is 10.1. The number of fused-ring (bicyclic) bond motifs is 1. The van der Waals surface area contributed by atoms with E-state index >= 15 is 0 Å². The highest BCUT2D eigenvalue weighted by Crippen LogP contribution is 2.14. The Labute approximate surface area is 79.8 Å². The van der Waals surface area contributed by atoms with Gasteiger partial charge < -0.3 is 10.2 Å². The van der Waals surface area contributed by atoms with Crippen molar-refractivity contribution in [2.75, 3.05) is 0 Å². The number of hydrogen-bond acceptors (Lipinski definition) is 3. The second-order valence-electron chi connectivity index (χ2n) is 3.16. The molecule has 4 heteroatoms. The van der Waals surface area contributed by atoms with Crippen molar-refractivity contribution < 1.29 is 15.0 Å². The zero-order valence-electron chi connectivity index (χ0n) is 7.34. The van der Waals surface area contributed by atoms with E-state index in [1.807, 2.05) is 0 Å². The van der Waals surface area contributed by atoms with Gasteiger partial charge in [0.1, 0.15) is 17.0 Å². The summed E-state index contributed by atoms with van der Waals surface area (Å²) in [5.74, 6) is -2.01. The summed E-state index contributed by atoms with van der Waals surface area (Å²) in [5.41, 5.74) is 0. The molecule has 0 fully saturated rings. The Hall–Kier alpha value is -1.84. The van der Waals surface area contributed by atoms with Gasteiger partial charge in [-0.05, 0) is 17.7 Å². The lowest BCUT2D eigenvalue weighted by Crippen LogP contribution is -2.37. The molecule has 14 heavy (non-hydrogen) atoms. The van der Waals surface area contributed by atoms with Crippen LogP contribution < -0.4 is 10.6 Å². The molecule has 1 aromatic heterocycles. The largest absolute Gasteiger partial charge is 0.509 e. The van der Waals surface area contributed by atoms with E-state index in [0.29, 0.717) is 11.8 Å². The predicted octanol–water partition coefficient (Wildman–Crippen LogP) is -0.367. The highest BCUT2D eigenvalue weighted by Gasteiger charge is 2.24. The topological polar surface area (TPSA) is 70.4 Å². The standard InChI is InChI=1S/C10H9NO3/c12-9-7(10(13)14)4-3-6-2-1-5-11-8(6)9/h1-3,5,7,12H,4H2,(H,13,14). The van der Waals surface area contributed by atoms with E-state index in [-0.39, 0.29) is 5.76 Å². The molecule has 1 aliphatic rings. The molecule has 72 valence electrons.